The fraction of sp³-hybridized carbons (Fsp3) is 0.211. The number of amides is 1. The van der Waals surface area contributed by atoms with E-state index in [0.717, 1.165) is 17.7 Å². The first-order valence-electron chi connectivity index (χ1n) is 7.59. The van der Waals surface area contributed by atoms with Crippen molar-refractivity contribution >= 4 is 16.7 Å². The van der Waals surface area contributed by atoms with Crippen LogP contribution < -0.4 is 5.32 Å². The molecule has 2 aromatic rings. The first-order chi connectivity index (χ1) is 12.3. The lowest BCUT2D eigenvalue weighted by Gasteiger charge is -2.06. The van der Waals surface area contributed by atoms with Crippen LogP contribution >= 0.6 is 0 Å². The zero-order chi connectivity index (χ0) is 19.2. The molecule has 1 N–H and O–H groups in total. The van der Waals surface area contributed by atoms with Crippen molar-refractivity contribution < 1.29 is 22.2 Å². The van der Waals surface area contributed by atoms with E-state index >= 15 is 0 Å². The van der Waals surface area contributed by atoms with E-state index < -0.39 is 22.5 Å². The van der Waals surface area contributed by atoms with Gasteiger partial charge in [0.15, 0.2) is 0 Å². The summed E-state index contributed by atoms with van der Waals surface area (Å²) in [6.07, 6.45) is -2.84. The maximum Gasteiger partial charge on any atom is 0.416 e. The molecule has 0 bridgehead atoms. The molecular formula is C19H16F3NO2S. The summed E-state index contributed by atoms with van der Waals surface area (Å²) in [5.41, 5.74) is 0.655. The maximum absolute atomic E-state index is 12.6. The van der Waals surface area contributed by atoms with Gasteiger partial charge in [-0.1, -0.05) is 30.0 Å². The number of hydrogen-bond donors (Lipinski definition) is 1. The standard InChI is InChI=1S/C19H16F3NO2S/c1-26(25)13-15-6-2-8-16(11-15)18(24)23-10-4-7-14-5-3-9-17(12-14)19(20,21)22/h2-3,5-6,8-9,11-12H,10,13H2,1H3,(H,23,24). The predicted molar refractivity (Wildman–Crippen MR) is 94.9 cm³/mol. The van der Waals surface area contributed by atoms with Crippen LogP contribution in [-0.2, 0) is 22.7 Å². The Morgan fingerprint density at radius 3 is 2.58 bits per heavy atom. The summed E-state index contributed by atoms with van der Waals surface area (Å²) in [6.45, 7) is -0.000977. The van der Waals surface area contributed by atoms with E-state index in [1.165, 1.54) is 12.1 Å². The van der Waals surface area contributed by atoms with E-state index in [9.17, 15) is 22.2 Å². The molecule has 1 atom stereocenters. The van der Waals surface area contributed by atoms with Crippen LogP contribution in [0.15, 0.2) is 48.5 Å². The molecule has 0 aliphatic heterocycles. The normalized spacial score (nSPS) is 12.0. The maximum atomic E-state index is 12.6. The Balaban J connectivity index is 1.97. The minimum atomic E-state index is -4.42. The van der Waals surface area contributed by atoms with Gasteiger partial charge in [0, 0.05) is 33.9 Å². The topological polar surface area (TPSA) is 46.2 Å². The second-order valence-electron chi connectivity index (χ2n) is 5.48. The zero-order valence-electron chi connectivity index (χ0n) is 13.9. The van der Waals surface area contributed by atoms with Gasteiger partial charge >= 0.3 is 6.18 Å². The summed E-state index contributed by atoms with van der Waals surface area (Å²) in [5.74, 6) is 5.23. The number of carbonyl (C=O) groups is 1. The highest BCUT2D eigenvalue weighted by molar-refractivity contribution is 7.83. The van der Waals surface area contributed by atoms with E-state index in [1.54, 1.807) is 30.5 Å². The Morgan fingerprint density at radius 2 is 1.88 bits per heavy atom. The third-order valence-corrected chi connectivity index (χ3v) is 4.06. The van der Waals surface area contributed by atoms with Gasteiger partial charge in [-0.05, 0) is 35.9 Å². The van der Waals surface area contributed by atoms with Crippen molar-refractivity contribution in [3.05, 3.63) is 70.8 Å². The molecule has 7 heteroatoms. The van der Waals surface area contributed by atoms with E-state index in [4.69, 9.17) is 0 Å². The van der Waals surface area contributed by atoms with Crippen molar-refractivity contribution in [2.45, 2.75) is 11.9 Å². The molecule has 1 amide bonds. The number of rotatable bonds is 4. The summed E-state index contributed by atoms with van der Waals surface area (Å²) in [4.78, 5) is 12.1. The number of benzene rings is 2. The lowest BCUT2D eigenvalue weighted by atomic mass is 10.1. The number of alkyl halides is 3. The molecule has 0 saturated carbocycles. The first-order valence-corrected chi connectivity index (χ1v) is 9.32. The minimum absolute atomic E-state index is 0.000977. The van der Waals surface area contributed by atoms with Gasteiger partial charge in [-0.2, -0.15) is 13.2 Å². The van der Waals surface area contributed by atoms with Crippen molar-refractivity contribution in [3.8, 4) is 11.8 Å². The molecule has 0 radical (unpaired) electrons. The van der Waals surface area contributed by atoms with Gasteiger partial charge in [0.2, 0.25) is 0 Å². The summed E-state index contributed by atoms with van der Waals surface area (Å²) in [6, 6.07) is 11.4. The van der Waals surface area contributed by atoms with Crippen LogP contribution in [0.25, 0.3) is 0 Å². The first kappa shape index (κ1) is 19.7. The molecule has 0 aliphatic rings. The van der Waals surface area contributed by atoms with Crippen LogP contribution in [0, 0.1) is 11.8 Å². The number of hydrogen-bond acceptors (Lipinski definition) is 2. The molecule has 2 aromatic carbocycles. The molecule has 0 spiro atoms. The fourth-order valence-electron chi connectivity index (χ4n) is 2.18. The molecular weight excluding hydrogens is 363 g/mol. The van der Waals surface area contributed by atoms with Crippen LogP contribution in [0.2, 0.25) is 0 Å². The van der Waals surface area contributed by atoms with Crippen LogP contribution in [-0.4, -0.2) is 22.9 Å². The Bertz CT molecular complexity index is 882. The lowest BCUT2D eigenvalue weighted by molar-refractivity contribution is -0.137. The van der Waals surface area contributed by atoms with Gasteiger partial charge in [0.1, 0.15) is 0 Å². The summed E-state index contributed by atoms with van der Waals surface area (Å²) < 4.78 is 49.2. The highest BCUT2D eigenvalue weighted by Gasteiger charge is 2.30. The summed E-state index contributed by atoms with van der Waals surface area (Å²) in [7, 11) is -1.01. The molecule has 0 aliphatic carbocycles. The van der Waals surface area contributed by atoms with Crippen molar-refractivity contribution in [2.24, 2.45) is 0 Å². The highest BCUT2D eigenvalue weighted by Crippen LogP contribution is 2.29. The Morgan fingerprint density at radius 1 is 1.15 bits per heavy atom. The second-order valence-corrected chi connectivity index (χ2v) is 6.92. The number of carbonyl (C=O) groups excluding carboxylic acids is 1. The quantitative estimate of drug-likeness (QED) is 0.828. The van der Waals surface area contributed by atoms with E-state index in [1.807, 2.05) is 0 Å². The molecule has 3 nitrogen and oxygen atoms in total. The predicted octanol–water partition coefficient (Wildman–Crippen LogP) is 3.37. The van der Waals surface area contributed by atoms with Gasteiger partial charge in [0.05, 0.1) is 12.1 Å². The van der Waals surface area contributed by atoms with E-state index in [0.29, 0.717) is 11.3 Å². The van der Waals surface area contributed by atoms with Crippen LogP contribution in [0.1, 0.15) is 27.0 Å². The van der Waals surface area contributed by atoms with Gasteiger partial charge in [-0.25, -0.2) is 0 Å². The van der Waals surface area contributed by atoms with Gasteiger partial charge < -0.3 is 5.32 Å². The summed E-state index contributed by atoms with van der Waals surface area (Å²) >= 11 is 0. The average Bonchev–Trinajstić information content (AvgIpc) is 2.58. The van der Waals surface area contributed by atoms with E-state index in [2.05, 4.69) is 17.2 Å². The van der Waals surface area contributed by atoms with E-state index in [-0.39, 0.29) is 18.0 Å². The Kier molecular flexibility index (Phi) is 6.58. The number of nitrogens with one attached hydrogen (secondary N) is 1. The highest BCUT2D eigenvalue weighted by atomic mass is 32.2. The fourth-order valence-corrected chi connectivity index (χ4v) is 2.83. The minimum Gasteiger partial charge on any atom is -0.341 e. The monoisotopic (exact) mass is 379 g/mol. The molecule has 1 unspecified atom stereocenters. The molecule has 0 aromatic heterocycles. The zero-order valence-corrected chi connectivity index (χ0v) is 14.7. The third kappa shape index (κ3) is 6.05. The number of halogens is 3. The molecule has 136 valence electrons. The van der Waals surface area contributed by atoms with Gasteiger partial charge in [0.25, 0.3) is 5.91 Å². The molecule has 0 fully saturated rings. The average molecular weight is 379 g/mol. The van der Waals surface area contributed by atoms with Crippen LogP contribution in [0.3, 0.4) is 0 Å². The van der Waals surface area contributed by atoms with Crippen LogP contribution in [0.5, 0.6) is 0 Å². The van der Waals surface area contributed by atoms with Crippen molar-refractivity contribution in [1.82, 2.24) is 5.32 Å². The largest absolute Gasteiger partial charge is 0.416 e. The molecule has 26 heavy (non-hydrogen) atoms. The Hall–Kier alpha value is -2.59. The lowest BCUT2D eigenvalue weighted by Crippen LogP contribution is -2.23. The van der Waals surface area contributed by atoms with Gasteiger partial charge in [-0.15, -0.1) is 0 Å². The van der Waals surface area contributed by atoms with Crippen LogP contribution in [0.4, 0.5) is 13.2 Å². The third-order valence-electron chi connectivity index (χ3n) is 3.32. The smallest absolute Gasteiger partial charge is 0.341 e. The van der Waals surface area contributed by atoms with Crippen molar-refractivity contribution in [2.75, 3.05) is 12.8 Å². The van der Waals surface area contributed by atoms with Crippen molar-refractivity contribution in [1.29, 1.82) is 0 Å². The SMILES string of the molecule is CS(=O)Cc1cccc(C(=O)NCC#Cc2cccc(C(F)(F)F)c2)c1. The Labute approximate surface area is 152 Å². The summed E-state index contributed by atoms with van der Waals surface area (Å²) in [5, 5.41) is 2.58. The molecule has 0 saturated heterocycles. The van der Waals surface area contributed by atoms with Crippen molar-refractivity contribution in [3.63, 3.8) is 0 Å². The molecule has 0 heterocycles. The van der Waals surface area contributed by atoms with Gasteiger partial charge in [-0.3, -0.25) is 9.00 Å². The second kappa shape index (κ2) is 8.68. The molecule has 2 rings (SSSR count).